The summed E-state index contributed by atoms with van der Waals surface area (Å²) in [6, 6.07) is 7.25. The van der Waals surface area contributed by atoms with Crippen LogP contribution < -0.4 is 15.9 Å². The fourth-order valence-corrected chi connectivity index (χ4v) is 1.41. The number of nitrogens with two attached hydrogens (primary N) is 1. The highest BCUT2D eigenvalue weighted by Gasteiger charge is 2.05. The lowest BCUT2D eigenvalue weighted by Gasteiger charge is -2.05. The molecule has 0 heterocycles. The first-order chi connectivity index (χ1) is 9.63. The van der Waals surface area contributed by atoms with Crippen molar-refractivity contribution in [2.24, 2.45) is 10.8 Å². The van der Waals surface area contributed by atoms with Crippen LogP contribution in [0.1, 0.15) is 31.7 Å². The number of nitrogens with zero attached hydrogens (tertiary/aromatic N) is 1. The Hall–Kier alpha value is -2.37. The molecule has 0 aromatic heterocycles. The number of nitrogens with one attached hydrogen (secondary N) is 1. The number of carbonyl (C=O) groups excluding carboxylic acids is 2. The molecule has 0 fully saturated rings. The van der Waals surface area contributed by atoms with Gasteiger partial charge in [-0.05, 0) is 36.2 Å². The first kappa shape index (κ1) is 15.7. The van der Waals surface area contributed by atoms with E-state index in [1.54, 1.807) is 12.1 Å². The van der Waals surface area contributed by atoms with Crippen molar-refractivity contribution in [3.8, 4) is 5.75 Å². The standard InChI is InChI=1S/C14H19N3O3/c1-2-3-4-9-20-12-7-5-11(6-8-12)10-16-17-14(19)13(15)18/h5-8,10H,2-4,9H2,1H3,(H2,15,18)(H,17,19)/b16-10-. The van der Waals surface area contributed by atoms with Crippen LogP contribution in [0.2, 0.25) is 0 Å². The molecule has 3 N–H and O–H groups in total. The zero-order valence-corrected chi connectivity index (χ0v) is 11.5. The van der Waals surface area contributed by atoms with Gasteiger partial charge in [-0.2, -0.15) is 5.10 Å². The topological polar surface area (TPSA) is 93.8 Å². The normalized spacial score (nSPS) is 10.4. The van der Waals surface area contributed by atoms with Gasteiger partial charge in [0.1, 0.15) is 5.75 Å². The summed E-state index contributed by atoms with van der Waals surface area (Å²) in [4.78, 5) is 21.3. The molecule has 20 heavy (non-hydrogen) atoms. The number of primary amides is 1. The van der Waals surface area contributed by atoms with E-state index in [9.17, 15) is 9.59 Å². The Morgan fingerprint density at radius 3 is 2.60 bits per heavy atom. The first-order valence-electron chi connectivity index (χ1n) is 6.49. The number of hydrogen-bond donors (Lipinski definition) is 2. The fourth-order valence-electron chi connectivity index (χ4n) is 1.41. The van der Waals surface area contributed by atoms with Gasteiger partial charge in [0, 0.05) is 0 Å². The molecule has 0 unspecified atom stereocenters. The molecule has 6 nitrogen and oxygen atoms in total. The molecule has 0 atom stereocenters. The van der Waals surface area contributed by atoms with Crippen LogP contribution in [0.15, 0.2) is 29.4 Å². The minimum absolute atomic E-state index is 0.704. The first-order valence-corrected chi connectivity index (χ1v) is 6.49. The second-order valence-corrected chi connectivity index (χ2v) is 4.19. The number of carbonyl (C=O) groups is 2. The predicted octanol–water partition coefficient (Wildman–Crippen LogP) is 1.19. The maximum Gasteiger partial charge on any atom is 0.329 e. The third-order valence-corrected chi connectivity index (χ3v) is 2.50. The number of hydrazone groups is 1. The molecule has 108 valence electrons. The monoisotopic (exact) mass is 277 g/mol. The van der Waals surface area contributed by atoms with Crippen LogP contribution in [0.5, 0.6) is 5.75 Å². The summed E-state index contributed by atoms with van der Waals surface area (Å²) < 4.78 is 5.56. The number of amides is 2. The lowest BCUT2D eigenvalue weighted by Crippen LogP contribution is -2.32. The van der Waals surface area contributed by atoms with Crippen LogP contribution in [0.4, 0.5) is 0 Å². The van der Waals surface area contributed by atoms with Gasteiger partial charge in [-0.1, -0.05) is 19.8 Å². The molecule has 1 rings (SSSR count). The van der Waals surface area contributed by atoms with E-state index in [1.807, 2.05) is 17.6 Å². The van der Waals surface area contributed by atoms with Gasteiger partial charge in [-0.25, -0.2) is 5.43 Å². The van der Waals surface area contributed by atoms with Crippen molar-refractivity contribution in [1.82, 2.24) is 5.43 Å². The van der Waals surface area contributed by atoms with Gasteiger partial charge in [-0.3, -0.25) is 9.59 Å². The molecule has 2 amide bonds. The van der Waals surface area contributed by atoms with Crippen molar-refractivity contribution in [3.63, 3.8) is 0 Å². The average molecular weight is 277 g/mol. The van der Waals surface area contributed by atoms with Gasteiger partial charge < -0.3 is 10.5 Å². The molecule has 1 aromatic rings. The van der Waals surface area contributed by atoms with Crippen molar-refractivity contribution in [1.29, 1.82) is 0 Å². The van der Waals surface area contributed by atoms with E-state index in [2.05, 4.69) is 12.0 Å². The van der Waals surface area contributed by atoms with Gasteiger partial charge >= 0.3 is 11.8 Å². The molecule has 0 aliphatic carbocycles. The maximum atomic E-state index is 10.8. The summed E-state index contributed by atoms with van der Waals surface area (Å²) >= 11 is 0. The summed E-state index contributed by atoms with van der Waals surface area (Å²) in [5.74, 6) is -1.23. The minimum Gasteiger partial charge on any atom is -0.494 e. The molecule has 1 aromatic carbocycles. The molecule has 0 aliphatic heterocycles. The Morgan fingerprint density at radius 1 is 1.30 bits per heavy atom. The van der Waals surface area contributed by atoms with E-state index in [0.717, 1.165) is 30.6 Å². The van der Waals surface area contributed by atoms with Crippen molar-refractivity contribution >= 4 is 18.0 Å². The van der Waals surface area contributed by atoms with E-state index in [0.29, 0.717) is 6.61 Å². The molecule has 0 bridgehead atoms. The molecule has 0 saturated carbocycles. The van der Waals surface area contributed by atoms with Gasteiger partial charge in [0.25, 0.3) is 0 Å². The van der Waals surface area contributed by atoms with Gasteiger partial charge in [0.05, 0.1) is 12.8 Å². The zero-order valence-electron chi connectivity index (χ0n) is 11.5. The van der Waals surface area contributed by atoms with E-state index < -0.39 is 11.8 Å². The molecule has 0 aliphatic rings. The van der Waals surface area contributed by atoms with E-state index in [-0.39, 0.29) is 0 Å². The van der Waals surface area contributed by atoms with Crippen LogP contribution in [-0.2, 0) is 9.59 Å². The maximum absolute atomic E-state index is 10.8. The van der Waals surface area contributed by atoms with E-state index >= 15 is 0 Å². The van der Waals surface area contributed by atoms with Crippen molar-refractivity contribution in [3.05, 3.63) is 29.8 Å². The van der Waals surface area contributed by atoms with Gasteiger partial charge in [0.2, 0.25) is 0 Å². The van der Waals surface area contributed by atoms with Gasteiger partial charge in [-0.15, -0.1) is 0 Å². The Labute approximate surface area is 118 Å². The summed E-state index contributed by atoms with van der Waals surface area (Å²) in [5.41, 5.74) is 7.55. The Kier molecular flexibility index (Phi) is 6.81. The molecule has 0 saturated heterocycles. The highest BCUT2D eigenvalue weighted by molar-refractivity contribution is 6.34. The smallest absolute Gasteiger partial charge is 0.329 e. The SMILES string of the molecule is CCCCCOc1ccc(/C=N\NC(=O)C(N)=O)cc1. The summed E-state index contributed by atoms with van der Waals surface area (Å²) in [6.07, 6.45) is 4.78. The molecule has 6 heteroatoms. The third-order valence-electron chi connectivity index (χ3n) is 2.50. The number of benzene rings is 1. The van der Waals surface area contributed by atoms with Crippen LogP contribution in [0, 0.1) is 0 Å². The fraction of sp³-hybridized carbons (Fsp3) is 0.357. The zero-order chi connectivity index (χ0) is 14.8. The van der Waals surface area contributed by atoms with Crippen LogP contribution in [-0.4, -0.2) is 24.6 Å². The van der Waals surface area contributed by atoms with Crippen molar-refractivity contribution in [2.45, 2.75) is 26.2 Å². The quantitative estimate of drug-likeness (QED) is 0.339. The Balaban J connectivity index is 2.40. The van der Waals surface area contributed by atoms with E-state index in [4.69, 9.17) is 10.5 Å². The van der Waals surface area contributed by atoms with Crippen LogP contribution >= 0.6 is 0 Å². The second kappa shape index (κ2) is 8.68. The third kappa shape index (κ3) is 5.99. The highest BCUT2D eigenvalue weighted by atomic mass is 16.5. The second-order valence-electron chi connectivity index (χ2n) is 4.19. The number of ether oxygens (including phenoxy) is 1. The minimum atomic E-state index is -1.07. The highest BCUT2D eigenvalue weighted by Crippen LogP contribution is 2.11. The Bertz CT molecular complexity index is 469. The number of unbranched alkanes of at least 4 members (excludes halogenated alkanes) is 2. The summed E-state index contributed by atoms with van der Waals surface area (Å²) in [6.45, 7) is 2.85. The number of hydrogen-bond acceptors (Lipinski definition) is 4. The summed E-state index contributed by atoms with van der Waals surface area (Å²) in [5, 5.41) is 3.61. The lowest BCUT2D eigenvalue weighted by atomic mass is 10.2. The van der Waals surface area contributed by atoms with Crippen molar-refractivity contribution < 1.29 is 14.3 Å². The van der Waals surface area contributed by atoms with Crippen LogP contribution in [0.25, 0.3) is 0 Å². The molecular formula is C14H19N3O3. The van der Waals surface area contributed by atoms with E-state index in [1.165, 1.54) is 6.21 Å². The Morgan fingerprint density at radius 2 is 2.00 bits per heavy atom. The largest absolute Gasteiger partial charge is 0.494 e. The lowest BCUT2D eigenvalue weighted by molar-refractivity contribution is -0.137. The summed E-state index contributed by atoms with van der Waals surface area (Å²) in [7, 11) is 0. The number of rotatable bonds is 7. The average Bonchev–Trinajstić information content (AvgIpc) is 2.45. The van der Waals surface area contributed by atoms with Crippen molar-refractivity contribution in [2.75, 3.05) is 6.61 Å². The molecular weight excluding hydrogens is 258 g/mol. The van der Waals surface area contributed by atoms with Crippen LogP contribution in [0.3, 0.4) is 0 Å². The molecule has 0 radical (unpaired) electrons. The predicted molar refractivity (Wildman–Crippen MR) is 76.4 cm³/mol. The van der Waals surface area contributed by atoms with Gasteiger partial charge in [0.15, 0.2) is 0 Å². The molecule has 0 spiro atoms.